The molecule has 30 heavy (non-hydrogen) atoms. The van der Waals surface area contributed by atoms with Crippen LogP contribution in [0.2, 0.25) is 0 Å². The first kappa shape index (κ1) is 49.9. The van der Waals surface area contributed by atoms with Gasteiger partial charge < -0.3 is 54.3 Å². The predicted octanol–water partition coefficient (Wildman–Crippen LogP) is -24.0. The molecule has 0 saturated carbocycles. The molecule has 0 fully saturated rings. The third-order valence-corrected chi connectivity index (χ3v) is 2.14. The maximum atomic E-state index is 10.4. The van der Waals surface area contributed by atoms with E-state index < -0.39 is 57.9 Å². The summed E-state index contributed by atoms with van der Waals surface area (Å²) < 4.78 is 8.77. The normalized spacial score (nSPS) is 9.10. The maximum absolute atomic E-state index is 10.4. The fourth-order valence-corrected chi connectivity index (χ4v) is 1.44. The molecule has 0 saturated heterocycles. The van der Waals surface area contributed by atoms with E-state index in [0.29, 0.717) is 0 Å². The fraction of sp³-hybridized carbons (Fsp3) is 0.600. The Labute approximate surface area is 282 Å². The molecule has 0 radical (unpaired) electrons. The minimum absolute atomic E-state index is 0. The first-order valence-electron chi connectivity index (χ1n) is 6.21. The van der Waals surface area contributed by atoms with Gasteiger partial charge in [-0.15, -0.1) is 0 Å². The van der Waals surface area contributed by atoms with E-state index in [4.69, 9.17) is 19.2 Å². The molecule has 20 heteroatoms. The zero-order valence-corrected chi connectivity index (χ0v) is 28.5. The average molecular weight is 500 g/mol. The Balaban J connectivity index is -0.0000000948. The van der Waals surface area contributed by atoms with Gasteiger partial charge in [0, 0.05) is 39.3 Å². The van der Waals surface area contributed by atoms with Crippen LogP contribution in [-0.4, -0.2) is 82.7 Å². The number of phosphoric acid groups is 1. The topological polar surface area (TPSA) is 248 Å². The molecular weight excluding hydrogens is 486 g/mol. The zero-order valence-electron chi connectivity index (χ0n) is 17.6. The number of aliphatic carboxylic acids is 4. The van der Waals surface area contributed by atoms with Gasteiger partial charge in [-0.3, -0.25) is 14.4 Å². The van der Waals surface area contributed by atoms with Gasteiger partial charge in [0.2, 0.25) is 0 Å². The number of nitrogens with zero attached hydrogens (tertiary/aromatic N) is 2. The Morgan fingerprint density at radius 2 is 0.733 bits per heavy atom. The summed E-state index contributed by atoms with van der Waals surface area (Å²) in [7, 11) is -4.89. The molecule has 0 aliphatic heterocycles. The third-order valence-electron chi connectivity index (χ3n) is 2.14. The standard InChI is InChI=1S/C10H16N2O8.5Na.H3O4P/c13-7(14)3-11(4-8(15)16)1-2-12(5-9(17)18)6-10(19)20;;;;;;1-5(2,3)4/h1-6H2,(H,13,14)(H,15,16)(H,17,18)(H,19,20);;;;;;(H3,1,2,3,4)/q;5*+1;/p-5. The van der Waals surface area contributed by atoms with Gasteiger partial charge in [0.15, 0.2) is 0 Å². The number of carboxylic acids is 4. The molecule has 0 heterocycles. The summed E-state index contributed by atoms with van der Waals surface area (Å²) in [6.45, 7) is -3.25. The van der Waals surface area contributed by atoms with Crippen molar-refractivity contribution in [3.8, 4) is 0 Å². The molecule has 146 valence electrons. The van der Waals surface area contributed by atoms with Gasteiger partial charge in [0.05, 0.1) is 23.9 Å². The number of rotatable bonds is 11. The van der Waals surface area contributed by atoms with E-state index >= 15 is 0 Å². The Morgan fingerprint density at radius 1 is 0.600 bits per heavy atom. The van der Waals surface area contributed by atoms with Crippen molar-refractivity contribution in [1.82, 2.24) is 9.80 Å². The van der Waals surface area contributed by atoms with E-state index in [2.05, 4.69) is 0 Å². The first-order chi connectivity index (χ1) is 11.2. The van der Waals surface area contributed by atoms with E-state index in [0.717, 1.165) is 9.80 Å². The van der Waals surface area contributed by atoms with Crippen LogP contribution in [0.15, 0.2) is 0 Å². The van der Waals surface area contributed by atoms with Crippen molar-refractivity contribution >= 4 is 31.7 Å². The van der Waals surface area contributed by atoms with Crippen molar-refractivity contribution in [2.75, 3.05) is 39.3 Å². The summed E-state index contributed by atoms with van der Waals surface area (Å²) in [5.74, 6) is -6.12. The van der Waals surface area contributed by atoms with Gasteiger partial charge in [-0.2, -0.15) is 0 Å². The molecule has 0 bridgehead atoms. The van der Waals surface area contributed by atoms with E-state index in [1.54, 1.807) is 0 Å². The van der Waals surface area contributed by atoms with E-state index in [-0.39, 0.29) is 161 Å². The molecule has 0 aliphatic carbocycles. The third kappa shape index (κ3) is 48.4. The van der Waals surface area contributed by atoms with E-state index in [9.17, 15) is 39.6 Å². The molecule has 2 N–H and O–H groups in total. The molecule has 14 nitrogen and oxygen atoms in total. The van der Waals surface area contributed by atoms with Crippen LogP contribution in [0.4, 0.5) is 0 Å². The van der Waals surface area contributed by atoms with Crippen LogP contribution in [0, 0.1) is 0 Å². The van der Waals surface area contributed by atoms with Gasteiger partial charge in [0.1, 0.15) is 0 Å². The first-order valence-corrected chi connectivity index (χ1v) is 7.74. The van der Waals surface area contributed by atoms with Crippen LogP contribution in [0.25, 0.3) is 0 Å². The van der Waals surface area contributed by atoms with Crippen LogP contribution in [0.1, 0.15) is 0 Å². The molecule has 0 atom stereocenters. The maximum Gasteiger partial charge on any atom is 1.00 e. The second kappa shape index (κ2) is 28.1. The average Bonchev–Trinajstić information content (AvgIpc) is 2.30. The molecule has 0 aromatic rings. The number of carbonyl (C=O) groups excluding carboxylic acids is 4. The summed E-state index contributed by atoms with van der Waals surface area (Å²) >= 11 is 0. The molecule has 0 aromatic heterocycles. The molecule has 0 aliphatic rings. The molecule has 0 spiro atoms. The second-order valence-electron chi connectivity index (χ2n) is 4.40. The van der Waals surface area contributed by atoms with Crippen molar-refractivity contribution in [3.63, 3.8) is 0 Å². The van der Waals surface area contributed by atoms with Gasteiger partial charge >= 0.3 is 148 Å². The zero-order chi connectivity index (χ0) is 20.2. The van der Waals surface area contributed by atoms with Crippen molar-refractivity contribution in [2.24, 2.45) is 0 Å². The van der Waals surface area contributed by atoms with Gasteiger partial charge in [0.25, 0.3) is 7.82 Å². The fourth-order valence-electron chi connectivity index (χ4n) is 1.44. The summed E-state index contributed by atoms with van der Waals surface area (Å²) in [5, 5.41) is 41.6. The molecule has 0 amide bonds. The number of carbonyl (C=O) groups is 4. The van der Waals surface area contributed by atoms with Crippen LogP contribution < -0.4 is 173 Å². The quantitative estimate of drug-likeness (QED) is 0.198. The molecule has 0 rings (SSSR count). The number of hydrogen-bond acceptors (Lipinski definition) is 12. The minimum Gasteiger partial charge on any atom is -0.756 e. The summed E-state index contributed by atoms with van der Waals surface area (Å²) in [6.07, 6.45) is 0. The number of carboxylic acid groups (broad SMARTS) is 4. The Bertz CT molecular complexity index is 461. The Morgan fingerprint density at radius 3 is 0.833 bits per heavy atom. The monoisotopic (exact) mass is 500 g/mol. The summed E-state index contributed by atoms with van der Waals surface area (Å²) in [4.78, 5) is 66.3. The van der Waals surface area contributed by atoms with Crippen molar-refractivity contribution in [2.45, 2.75) is 0 Å². The van der Waals surface area contributed by atoms with Crippen LogP contribution in [0.3, 0.4) is 0 Å². The van der Waals surface area contributed by atoms with E-state index in [1.165, 1.54) is 0 Å². The SMILES string of the molecule is O=C([O-])CN(CCN(CC(=O)[O-])CC(=O)[O-])CC(=O)[O-].O=P([O-])(O)O.[Na+].[Na+].[Na+].[Na+].[Na+]. The number of hydrogen-bond donors (Lipinski definition) is 2. The van der Waals surface area contributed by atoms with Gasteiger partial charge in [-0.1, -0.05) is 0 Å². The van der Waals surface area contributed by atoms with Crippen molar-refractivity contribution in [1.29, 1.82) is 0 Å². The predicted molar refractivity (Wildman–Crippen MR) is 65.0 cm³/mol. The second-order valence-corrected chi connectivity index (χ2v) is 5.38. The van der Waals surface area contributed by atoms with Crippen LogP contribution >= 0.6 is 7.82 Å². The van der Waals surface area contributed by atoms with E-state index in [1.807, 2.05) is 0 Å². The minimum atomic E-state index is -4.89. The molecule has 0 aromatic carbocycles. The summed E-state index contributed by atoms with van der Waals surface area (Å²) in [6, 6.07) is 0. The molecule has 0 unspecified atom stereocenters. The van der Waals surface area contributed by atoms with Crippen molar-refractivity contribution < 1.29 is 207 Å². The molecular formula is C10H14N2Na5O12P. The Kier molecular flexibility index (Phi) is 46.8. The largest absolute Gasteiger partial charge is 1.00 e. The Hall–Kier alpha value is 2.91. The van der Waals surface area contributed by atoms with Crippen LogP contribution in [-0.2, 0) is 23.7 Å². The van der Waals surface area contributed by atoms with Crippen LogP contribution in [0.5, 0.6) is 0 Å². The summed E-state index contributed by atoms with van der Waals surface area (Å²) in [5.41, 5.74) is 0. The van der Waals surface area contributed by atoms with Crippen molar-refractivity contribution in [3.05, 3.63) is 0 Å². The van der Waals surface area contributed by atoms with Gasteiger partial charge in [-0.25, -0.2) is 0 Å². The van der Waals surface area contributed by atoms with Gasteiger partial charge in [-0.05, 0) is 0 Å². The smallest absolute Gasteiger partial charge is 0.756 e.